The third kappa shape index (κ3) is 8.08. The molecule has 2 heterocycles. The van der Waals surface area contributed by atoms with Gasteiger partial charge in [-0.2, -0.15) is 0 Å². The summed E-state index contributed by atoms with van der Waals surface area (Å²) in [5.41, 5.74) is 0. The monoisotopic (exact) mass is 445 g/mol. The number of carbonyl (C=O) groups is 4. The molecule has 0 aromatic carbocycles. The Morgan fingerprint density at radius 2 is 1.42 bits per heavy atom. The first kappa shape index (κ1) is 25.0. The van der Waals surface area contributed by atoms with Gasteiger partial charge in [-0.1, -0.05) is 6.42 Å². The Morgan fingerprint density at radius 1 is 0.806 bits per heavy atom. The van der Waals surface area contributed by atoms with E-state index in [1.165, 1.54) is 27.7 Å². The smallest absolute Gasteiger partial charge is 0.303 e. The van der Waals surface area contributed by atoms with Crippen LogP contribution in [-0.2, 0) is 47.6 Å². The molecule has 0 saturated carbocycles. The van der Waals surface area contributed by atoms with Crippen molar-refractivity contribution < 1.29 is 47.6 Å². The fraction of sp³-hybridized carbons (Fsp3) is 0.800. The van der Waals surface area contributed by atoms with Gasteiger partial charge in [-0.15, -0.1) is 0 Å². The molecule has 31 heavy (non-hydrogen) atoms. The van der Waals surface area contributed by atoms with Crippen LogP contribution in [0.3, 0.4) is 0 Å². The third-order valence-corrected chi connectivity index (χ3v) is 4.82. The average molecular weight is 445 g/mol. The van der Waals surface area contributed by atoms with Crippen LogP contribution in [0.25, 0.3) is 0 Å². The van der Waals surface area contributed by atoms with Gasteiger partial charge in [0.2, 0.25) is 0 Å². The number of rotatable bonds is 8. The van der Waals surface area contributed by atoms with Gasteiger partial charge in [-0.3, -0.25) is 19.2 Å². The molecule has 1 N–H and O–H groups in total. The number of piperidine rings is 1. The predicted molar refractivity (Wildman–Crippen MR) is 104 cm³/mol. The zero-order valence-corrected chi connectivity index (χ0v) is 18.3. The quantitative estimate of drug-likeness (QED) is 0.406. The van der Waals surface area contributed by atoms with Gasteiger partial charge in [-0.25, -0.2) is 0 Å². The standard InChI is InChI=1S/C20H31NO10/c1-11(22)26-10-16-17(28-12(2)23)18(29-13(3)24)19(30-14(4)25)20(31-16)27-9-15-7-5-6-8-21-15/h15-21H,5-10H2,1-4H3/t15?,16-,17+,18+,19-,20-/m1/s1. The van der Waals surface area contributed by atoms with Crippen molar-refractivity contribution in [1.29, 1.82) is 0 Å². The van der Waals surface area contributed by atoms with E-state index in [9.17, 15) is 19.2 Å². The van der Waals surface area contributed by atoms with Gasteiger partial charge in [-0.05, 0) is 19.4 Å². The Bertz CT molecular complexity index is 648. The summed E-state index contributed by atoms with van der Waals surface area (Å²) in [6.07, 6.45) is -2.69. The normalized spacial score (nSPS) is 30.7. The van der Waals surface area contributed by atoms with Crippen LogP contribution in [0, 0.1) is 0 Å². The number of carbonyl (C=O) groups excluding carboxylic acids is 4. The van der Waals surface area contributed by atoms with Crippen LogP contribution < -0.4 is 5.32 Å². The van der Waals surface area contributed by atoms with Gasteiger partial charge in [0, 0.05) is 33.7 Å². The molecular formula is C20H31NO10. The number of ether oxygens (including phenoxy) is 6. The van der Waals surface area contributed by atoms with Crippen molar-refractivity contribution in [3.05, 3.63) is 0 Å². The Morgan fingerprint density at radius 3 is 1.97 bits per heavy atom. The van der Waals surface area contributed by atoms with Gasteiger partial charge in [0.15, 0.2) is 24.6 Å². The van der Waals surface area contributed by atoms with E-state index in [0.29, 0.717) is 0 Å². The maximum absolute atomic E-state index is 11.8. The third-order valence-electron chi connectivity index (χ3n) is 4.82. The first-order valence-electron chi connectivity index (χ1n) is 10.3. The molecule has 0 aromatic heterocycles. The summed E-state index contributed by atoms with van der Waals surface area (Å²) in [5, 5.41) is 3.33. The van der Waals surface area contributed by atoms with Crippen molar-refractivity contribution in [1.82, 2.24) is 5.32 Å². The Hall–Kier alpha value is -2.24. The summed E-state index contributed by atoms with van der Waals surface area (Å²) in [6, 6.07) is 0.0839. The van der Waals surface area contributed by atoms with Gasteiger partial charge in [0.25, 0.3) is 0 Å². The molecule has 0 spiro atoms. The lowest BCUT2D eigenvalue weighted by atomic mass is 9.98. The summed E-state index contributed by atoms with van der Waals surface area (Å²) < 4.78 is 32.9. The Labute approximate surface area is 181 Å². The lowest BCUT2D eigenvalue weighted by Crippen LogP contribution is -2.63. The number of nitrogens with one attached hydrogen (secondary N) is 1. The van der Waals surface area contributed by atoms with Crippen LogP contribution >= 0.6 is 0 Å². The van der Waals surface area contributed by atoms with E-state index in [0.717, 1.165) is 25.8 Å². The predicted octanol–water partition coefficient (Wildman–Crippen LogP) is 0.228. The number of hydrogen-bond donors (Lipinski definition) is 1. The van der Waals surface area contributed by atoms with Crippen LogP contribution in [-0.4, -0.2) is 80.4 Å². The van der Waals surface area contributed by atoms with Crippen molar-refractivity contribution in [2.45, 2.75) is 83.7 Å². The summed E-state index contributed by atoms with van der Waals surface area (Å²) in [7, 11) is 0. The van der Waals surface area contributed by atoms with E-state index in [1.807, 2.05) is 0 Å². The maximum atomic E-state index is 11.8. The first-order valence-corrected chi connectivity index (χ1v) is 10.3. The molecule has 2 rings (SSSR count). The van der Waals surface area contributed by atoms with Crippen LogP contribution in [0.2, 0.25) is 0 Å². The lowest BCUT2D eigenvalue weighted by molar-refractivity contribution is -0.309. The average Bonchev–Trinajstić information content (AvgIpc) is 2.68. The molecule has 0 bridgehead atoms. The van der Waals surface area contributed by atoms with Crippen molar-refractivity contribution in [3.63, 3.8) is 0 Å². The minimum Gasteiger partial charge on any atom is -0.463 e. The summed E-state index contributed by atoms with van der Waals surface area (Å²) in [6.45, 7) is 5.60. The van der Waals surface area contributed by atoms with Crippen molar-refractivity contribution in [2.75, 3.05) is 19.8 Å². The van der Waals surface area contributed by atoms with Gasteiger partial charge in [0.1, 0.15) is 12.7 Å². The Balaban J connectivity index is 2.28. The first-order chi connectivity index (χ1) is 14.7. The van der Waals surface area contributed by atoms with Crippen molar-refractivity contribution >= 4 is 23.9 Å². The van der Waals surface area contributed by atoms with Crippen LogP contribution in [0.15, 0.2) is 0 Å². The van der Waals surface area contributed by atoms with Crippen molar-refractivity contribution in [3.8, 4) is 0 Å². The largest absolute Gasteiger partial charge is 0.463 e. The van der Waals surface area contributed by atoms with Crippen molar-refractivity contribution in [2.24, 2.45) is 0 Å². The highest BCUT2D eigenvalue weighted by Crippen LogP contribution is 2.30. The summed E-state index contributed by atoms with van der Waals surface area (Å²) in [5.74, 6) is -2.58. The van der Waals surface area contributed by atoms with Crippen LogP contribution in [0.5, 0.6) is 0 Å². The molecule has 0 amide bonds. The zero-order chi connectivity index (χ0) is 23.0. The molecule has 176 valence electrons. The number of esters is 4. The van der Waals surface area contributed by atoms with E-state index in [-0.39, 0.29) is 19.3 Å². The minimum atomic E-state index is -1.22. The second kappa shape index (κ2) is 12.0. The lowest BCUT2D eigenvalue weighted by Gasteiger charge is -2.44. The van der Waals surface area contributed by atoms with E-state index in [1.54, 1.807) is 0 Å². The Kier molecular flexibility index (Phi) is 9.66. The van der Waals surface area contributed by atoms with Gasteiger partial charge in [0.05, 0.1) is 6.61 Å². The highest BCUT2D eigenvalue weighted by molar-refractivity contribution is 5.68. The molecule has 6 atom stereocenters. The SMILES string of the molecule is CC(=O)OC[C@H]1O[C@@H](OCC2CCCCN2)[C@H](OC(C)=O)[C@@H](OC(C)=O)[C@H]1OC(C)=O. The molecule has 2 saturated heterocycles. The maximum Gasteiger partial charge on any atom is 0.303 e. The zero-order valence-electron chi connectivity index (χ0n) is 18.3. The van der Waals surface area contributed by atoms with E-state index in [4.69, 9.17) is 28.4 Å². The number of hydrogen-bond acceptors (Lipinski definition) is 11. The molecule has 2 aliphatic heterocycles. The van der Waals surface area contributed by atoms with Gasteiger partial charge < -0.3 is 33.7 Å². The summed E-state index contributed by atoms with van der Waals surface area (Å²) >= 11 is 0. The molecule has 0 aliphatic carbocycles. The second-order valence-corrected chi connectivity index (χ2v) is 7.55. The molecule has 2 aliphatic rings. The fourth-order valence-corrected chi connectivity index (χ4v) is 3.60. The molecule has 11 nitrogen and oxygen atoms in total. The molecule has 2 fully saturated rings. The molecule has 1 unspecified atom stereocenters. The van der Waals surface area contributed by atoms with Crippen LogP contribution in [0.1, 0.15) is 47.0 Å². The van der Waals surface area contributed by atoms with Crippen LogP contribution in [0.4, 0.5) is 0 Å². The van der Waals surface area contributed by atoms with E-state index in [2.05, 4.69) is 5.32 Å². The fourth-order valence-electron chi connectivity index (χ4n) is 3.60. The van der Waals surface area contributed by atoms with Gasteiger partial charge >= 0.3 is 23.9 Å². The van der Waals surface area contributed by atoms with E-state index >= 15 is 0 Å². The highest BCUT2D eigenvalue weighted by Gasteiger charge is 2.52. The van der Waals surface area contributed by atoms with E-state index < -0.39 is 54.6 Å². The highest BCUT2D eigenvalue weighted by atomic mass is 16.7. The molecular weight excluding hydrogens is 414 g/mol. The topological polar surface area (TPSA) is 136 Å². The molecule has 0 aromatic rings. The minimum absolute atomic E-state index is 0.0839. The summed E-state index contributed by atoms with van der Waals surface area (Å²) in [4.78, 5) is 46.6. The molecule has 11 heteroatoms. The second-order valence-electron chi connectivity index (χ2n) is 7.55. The molecule has 0 radical (unpaired) electrons.